The first-order chi connectivity index (χ1) is 29.1. The molecule has 0 amide bonds. The highest BCUT2D eigenvalue weighted by Crippen LogP contribution is 2.67. The van der Waals surface area contributed by atoms with E-state index in [9.17, 15) is 40.8 Å². The van der Waals surface area contributed by atoms with Gasteiger partial charge in [-0.05, 0) is 91.0 Å². The minimum absolute atomic E-state index is 0.00953. The number of Topliss-reactive ketones (excluding diaryl/α,β-unsaturated/α-hetero) is 3. The summed E-state index contributed by atoms with van der Waals surface area (Å²) >= 11 is 0. The number of ether oxygens (including phenoxy) is 3. The predicted molar refractivity (Wildman–Crippen MR) is 221 cm³/mol. The first-order valence-corrected chi connectivity index (χ1v) is 25.0. The van der Waals surface area contributed by atoms with Crippen LogP contribution < -0.4 is 4.74 Å². The van der Waals surface area contributed by atoms with Crippen molar-refractivity contribution in [3.8, 4) is 5.75 Å². The fourth-order valence-corrected chi connectivity index (χ4v) is 17.9. The second-order valence-electron chi connectivity index (χ2n) is 18.7. The van der Waals surface area contributed by atoms with Crippen LogP contribution in [0.3, 0.4) is 0 Å². The van der Waals surface area contributed by atoms with Crippen molar-refractivity contribution in [2.45, 2.75) is 120 Å². The Bertz CT molecular complexity index is 2170. The molecule has 0 N–H and O–H groups in total. The number of methoxy groups -OCH3 is 1. The lowest BCUT2D eigenvalue weighted by atomic mass is 9.44. The van der Waals surface area contributed by atoms with Gasteiger partial charge in [-0.2, -0.15) is 30.4 Å². The van der Waals surface area contributed by atoms with Gasteiger partial charge >= 0.3 is 27.5 Å². The van der Waals surface area contributed by atoms with E-state index < -0.39 is 61.7 Å². The number of benzene rings is 2. The van der Waals surface area contributed by atoms with Crippen molar-refractivity contribution < 1.29 is 67.4 Å². The van der Waals surface area contributed by atoms with Crippen molar-refractivity contribution in [1.29, 1.82) is 0 Å². The Balaban J connectivity index is 1.07. The quantitative estimate of drug-likeness (QED) is 0.102. The molecule has 62 heavy (non-hydrogen) atoms. The molecule has 1 heterocycles. The number of rotatable bonds is 14. The van der Waals surface area contributed by atoms with Crippen LogP contribution >= 0.6 is 10.3 Å². The Morgan fingerprint density at radius 3 is 2.27 bits per heavy atom. The van der Waals surface area contributed by atoms with Crippen LogP contribution in [0.1, 0.15) is 97.8 Å². The molecule has 4 saturated carbocycles. The standard InChI is InChI=1S/C45H57F5O10S2/c1-27(32-13-14-33-40-34(26-38(53)43(32,33)3)42(2)19-18-29(51)24-28(42)25-35(40)52)12-17-39(54)59-41(44(46,47)48)45(49,50)62(55,56)60-61(22-8-5-9-23-61)37-16-15-36(58-21-20-57-4)30-10-6-7-11-31(30)37/h6-7,10-11,15-16,27-28,32-34,40-41H,5,8-9,12-14,17-26H2,1-4H3/t27-,28?,32-,33+,34+,40+,41?,42+,43-/m1/s1. The zero-order valence-corrected chi connectivity index (χ0v) is 37.2. The number of hydrogen-bond acceptors (Lipinski definition) is 10. The topological polar surface area (TPSA) is 139 Å². The number of ketones is 3. The van der Waals surface area contributed by atoms with Gasteiger partial charge in [0.1, 0.15) is 29.7 Å². The number of halogens is 5. The highest BCUT2D eigenvalue weighted by atomic mass is 32.3. The Morgan fingerprint density at radius 1 is 0.903 bits per heavy atom. The van der Waals surface area contributed by atoms with Gasteiger partial charge in [-0.3, -0.25) is 19.2 Å². The first-order valence-electron chi connectivity index (χ1n) is 21.7. The van der Waals surface area contributed by atoms with E-state index in [1.807, 2.05) is 6.92 Å². The predicted octanol–water partition coefficient (Wildman–Crippen LogP) is 9.54. The molecule has 1 saturated heterocycles. The number of alkyl halides is 5. The summed E-state index contributed by atoms with van der Waals surface area (Å²) < 4.78 is 124. The maximum absolute atomic E-state index is 16.1. The third-order valence-electron chi connectivity index (χ3n) is 15.4. The smallest absolute Gasteiger partial charge is 0.432 e. The number of esters is 1. The minimum atomic E-state index is -6.41. The van der Waals surface area contributed by atoms with Crippen molar-refractivity contribution in [1.82, 2.24) is 0 Å². The number of hydrogen-bond donors (Lipinski definition) is 0. The lowest BCUT2D eigenvalue weighted by Gasteiger charge is -2.58. The van der Waals surface area contributed by atoms with Gasteiger partial charge in [0, 0.05) is 72.3 Å². The Hall–Kier alpha value is -3.15. The molecule has 0 radical (unpaired) electrons. The molecule has 5 aliphatic rings. The summed E-state index contributed by atoms with van der Waals surface area (Å²) in [7, 11) is -8.10. The normalized spacial score (nSPS) is 31.7. The van der Waals surface area contributed by atoms with Gasteiger partial charge in [0.25, 0.3) is 6.10 Å². The van der Waals surface area contributed by atoms with E-state index in [1.54, 1.807) is 37.3 Å². The molecule has 5 fully saturated rings. The molecule has 0 spiro atoms. The number of carbonyl (C=O) groups is 4. The molecule has 4 aliphatic carbocycles. The van der Waals surface area contributed by atoms with Gasteiger partial charge in [-0.25, -0.2) is 3.63 Å². The van der Waals surface area contributed by atoms with Crippen molar-refractivity contribution in [2.24, 2.45) is 46.3 Å². The summed E-state index contributed by atoms with van der Waals surface area (Å²) in [5, 5.41) is -4.76. The number of fused-ring (bicyclic) bond motifs is 6. The monoisotopic (exact) mass is 916 g/mol. The van der Waals surface area contributed by atoms with Crippen LogP contribution in [0.25, 0.3) is 10.8 Å². The molecule has 17 heteroatoms. The molecular weight excluding hydrogens is 860 g/mol. The minimum Gasteiger partial charge on any atom is -0.491 e. The van der Waals surface area contributed by atoms with E-state index in [4.69, 9.17) is 13.1 Å². The maximum atomic E-state index is 16.1. The highest BCUT2D eigenvalue weighted by molar-refractivity contribution is 8.33. The lowest BCUT2D eigenvalue weighted by molar-refractivity contribution is -0.259. The zero-order valence-electron chi connectivity index (χ0n) is 35.6. The fourth-order valence-electron chi connectivity index (χ4n) is 12.0. The molecule has 344 valence electrons. The van der Waals surface area contributed by atoms with E-state index in [0.29, 0.717) is 67.9 Å². The number of carbonyl (C=O) groups excluding carboxylic acids is 4. The first kappa shape index (κ1) is 46.8. The molecule has 2 aromatic rings. The van der Waals surface area contributed by atoms with Gasteiger partial charge in [0.05, 0.1) is 6.61 Å². The molecular formula is C45H57F5O10S2. The third-order valence-corrected chi connectivity index (χ3v) is 21.0. The second kappa shape index (κ2) is 17.3. The van der Waals surface area contributed by atoms with E-state index in [0.717, 1.165) is 0 Å². The average Bonchev–Trinajstić information content (AvgIpc) is 3.58. The summed E-state index contributed by atoms with van der Waals surface area (Å²) in [6.45, 7) is 6.11. The van der Waals surface area contributed by atoms with Crippen molar-refractivity contribution in [3.05, 3.63) is 36.4 Å². The van der Waals surface area contributed by atoms with Crippen LogP contribution in [-0.2, 0) is 42.4 Å². The van der Waals surface area contributed by atoms with Gasteiger partial charge in [-0.1, -0.05) is 61.8 Å². The SMILES string of the molecule is COCCOc1ccc(S2(OS(=O)(=O)C(F)(F)C(OC(=O)CC[C@@H](C)[C@H]3CC[C@H]4[C@@H]5C(=O)CC6CC(=O)CC[C@]6(C)[C@H]5CC(=O)[C@]34C)C(F)(F)F)CCCCC2)c2ccccc12. The maximum Gasteiger partial charge on any atom is 0.432 e. The van der Waals surface area contributed by atoms with Crippen molar-refractivity contribution >= 4 is 54.5 Å². The van der Waals surface area contributed by atoms with Gasteiger partial charge in [-0.15, -0.1) is 0 Å². The Labute approximate surface area is 361 Å². The molecule has 0 bridgehead atoms. The van der Waals surface area contributed by atoms with E-state index in [1.165, 1.54) is 13.2 Å². The summed E-state index contributed by atoms with van der Waals surface area (Å²) in [6.07, 6.45) is -7.00. The van der Waals surface area contributed by atoms with E-state index >= 15 is 8.78 Å². The van der Waals surface area contributed by atoms with Crippen LogP contribution in [0.15, 0.2) is 41.3 Å². The third kappa shape index (κ3) is 8.22. The molecule has 2 unspecified atom stereocenters. The zero-order chi connectivity index (χ0) is 45.0. The van der Waals surface area contributed by atoms with Crippen molar-refractivity contribution in [2.75, 3.05) is 31.8 Å². The Morgan fingerprint density at radius 2 is 1.60 bits per heavy atom. The highest BCUT2D eigenvalue weighted by Gasteiger charge is 2.69. The summed E-state index contributed by atoms with van der Waals surface area (Å²) in [4.78, 5) is 53.7. The van der Waals surface area contributed by atoms with E-state index in [-0.39, 0.29) is 101 Å². The summed E-state index contributed by atoms with van der Waals surface area (Å²) in [5.41, 5.74) is -1.29. The van der Waals surface area contributed by atoms with Gasteiger partial charge < -0.3 is 14.2 Å². The van der Waals surface area contributed by atoms with Crippen LogP contribution in [0, 0.1) is 46.3 Å². The van der Waals surface area contributed by atoms with Crippen LogP contribution in [0.2, 0.25) is 0 Å². The molecule has 2 aromatic carbocycles. The summed E-state index contributed by atoms with van der Waals surface area (Å²) in [6, 6.07) is 9.76. The van der Waals surface area contributed by atoms with Crippen LogP contribution in [0.5, 0.6) is 5.75 Å². The van der Waals surface area contributed by atoms with Crippen LogP contribution in [0.4, 0.5) is 22.0 Å². The molecule has 9 atom stereocenters. The largest absolute Gasteiger partial charge is 0.491 e. The lowest BCUT2D eigenvalue weighted by Crippen LogP contribution is -2.60. The molecule has 0 aromatic heterocycles. The average molecular weight is 917 g/mol. The molecule has 1 aliphatic heterocycles. The Kier molecular flexibility index (Phi) is 13.1. The summed E-state index contributed by atoms with van der Waals surface area (Å²) in [5.74, 6) is -2.91. The molecule has 7 rings (SSSR count). The van der Waals surface area contributed by atoms with Crippen LogP contribution in [-0.4, -0.2) is 81.1 Å². The van der Waals surface area contributed by atoms with E-state index in [2.05, 4.69) is 11.7 Å². The molecule has 10 nitrogen and oxygen atoms in total. The second-order valence-corrected chi connectivity index (χ2v) is 23.6. The van der Waals surface area contributed by atoms with Crippen molar-refractivity contribution in [3.63, 3.8) is 0 Å². The van der Waals surface area contributed by atoms with Gasteiger partial charge in [0.2, 0.25) is 0 Å². The van der Waals surface area contributed by atoms with Gasteiger partial charge in [0.15, 0.2) is 0 Å². The fraction of sp³-hybridized carbons (Fsp3) is 0.689.